The Morgan fingerprint density at radius 2 is 1.30 bits per heavy atom. The van der Waals surface area contributed by atoms with E-state index in [0.29, 0.717) is 29.6 Å². The molecular weight excluding hydrogens is 1010 g/mol. The summed E-state index contributed by atoms with van der Waals surface area (Å²) >= 11 is -0.763. The van der Waals surface area contributed by atoms with E-state index in [1.54, 1.807) is 32.2 Å². The van der Waals surface area contributed by atoms with Gasteiger partial charge in [0.15, 0.2) is 0 Å². The number of carboxylic acids is 1. The molecule has 4 aliphatic carbocycles. The number of halogens is 1. The zero-order valence-electron chi connectivity index (χ0n) is 42.5. The van der Waals surface area contributed by atoms with Crippen LogP contribution in [0.2, 0.25) is 0 Å². The molecule has 0 radical (unpaired) electrons. The summed E-state index contributed by atoms with van der Waals surface area (Å²) in [6.45, 7) is 15.1. The second kappa shape index (κ2) is 26.3. The molecule has 20 heteroatoms. The maximum Gasteiger partial charge on any atom is 0.306 e. The Morgan fingerprint density at radius 3 is 1.79 bits per heavy atom. The summed E-state index contributed by atoms with van der Waals surface area (Å²) in [5, 5.41) is 42.8. The van der Waals surface area contributed by atoms with Crippen molar-refractivity contribution in [3.05, 3.63) is 47.5 Å². The van der Waals surface area contributed by atoms with Gasteiger partial charge in [-0.2, -0.15) is 0 Å². The van der Waals surface area contributed by atoms with Gasteiger partial charge < -0.3 is 41.3 Å². The van der Waals surface area contributed by atoms with Gasteiger partial charge in [0.25, 0.3) is 5.91 Å². The Bertz CT molecular complexity index is 2010. The van der Waals surface area contributed by atoms with Crippen LogP contribution in [0.3, 0.4) is 0 Å². The van der Waals surface area contributed by atoms with Crippen LogP contribution in [0.15, 0.2) is 47.5 Å². The summed E-state index contributed by atoms with van der Waals surface area (Å²) in [6, 6.07) is -0.403. The number of hydrogen-bond donors (Lipinski definition) is 10. The fourth-order valence-corrected chi connectivity index (χ4v) is 13.4. The molecule has 5 atom stereocenters. The Hall–Kier alpha value is -5.15. The molecule has 0 spiro atoms. The fraction of sp³-hybridized carbons (Fsp3) is 0.680. The van der Waals surface area contributed by atoms with Crippen LogP contribution in [0, 0.1) is 52.8 Å². The second-order valence-electron chi connectivity index (χ2n) is 21.1. The molecule has 0 saturated heterocycles. The van der Waals surface area contributed by atoms with E-state index in [0.717, 1.165) is 44.7 Å². The van der Waals surface area contributed by atoms with Crippen molar-refractivity contribution >= 4 is 46.1 Å². The minimum absolute atomic E-state index is 0.0194. The molecule has 4 saturated carbocycles. The molecule has 4 bridgehead atoms. The molecule has 5 amide bonds. The first-order chi connectivity index (χ1) is 32.9. The van der Waals surface area contributed by atoms with E-state index in [9.17, 15) is 33.9 Å². The zero-order chi connectivity index (χ0) is 51.9. The Kier molecular flexibility index (Phi) is 21.6. The van der Waals surface area contributed by atoms with Crippen molar-refractivity contribution in [2.45, 2.75) is 147 Å². The molecule has 19 nitrogen and oxygen atoms in total. The maximum absolute atomic E-state index is 14.2. The average Bonchev–Trinajstić information content (AvgIpc) is 3.24. The van der Waals surface area contributed by atoms with Crippen molar-refractivity contribution in [2.24, 2.45) is 53.1 Å². The fourth-order valence-electron chi connectivity index (χ4n) is 10.7. The van der Waals surface area contributed by atoms with Crippen LogP contribution in [0.1, 0.15) is 120 Å². The molecule has 0 aromatic rings. The van der Waals surface area contributed by atoms with Gasteiger partial charge >= 0.3 is 194 Å². The first-order valence-electron chi connectivity index (χ1n) is 24.5. The minimum atomic E-state index is -0.858. The normalized spacial score (nSPS) is 26.7. The Labute approximate surface area is 423 Å². The number of fused-ring (bicyclic) bond motifs is 4. The quantitative estimate of drug-likeness (QED) is 0.0115. The van der Waals surface area contributed by atoms with Crippen LogP contribution in [0.25, 0.3) is 0 Å². The smallest absolute Gasteiger partial charge is 0.306 e. The number of carboxylic acid groups (broad SMARTS) is 1. The van der Waals surface area contributed by atoms with E-state index in [1.807, 2.05) is 27.7 Å². The molecule has 392 valence electrons. The topological polar surface area (TPSA) is 298 Å². The first kappa shape index (κ1) is 57.4. The van der Waals surface area contributed by atoms with Crippen LogP contribution in [0.5, 0.6) is 0 Å². The molecule has 4 fully saturated rings. The molecular formula is C50H80IN9O10. The molecule has 70 heavy (non-hydrogen) atoms. The summed E-state index contributed by atoms with van der Waals surface area (Å²) in [4.78, 5) is 76.2. The number of nitrogens with one attached hydrogen (secondary N) is 7. The molecule has 0 heterocycles. The number of rotatable bonds is 25. The molecule has 5 unspecified atom stereocenters. The third kappa shape index (κ3) is 17.6. The van der Waals surface area contributed by atoms with Gasteiger partial charge in [-0.1, -0.05) is 13.8 Å². The number of carbonyl (C=O) groups is 6. The third-order valence-corrected chi connectivity index (χ3v) is 16.1. The Morgan fingerprint density at radius 1 is 0.786 bits per heavy atom. The molecule has 4 aliphatic rings. The van der Waals surface area contributed by atoms with E-state index in [-0.39, 0.29) is 105 Å². The zero-order valence-corrected chi connectivity index (χ0v) is 44.6. The van der Waals surface area contributed by atoms with E-state index < -0.39 is 56.2 Å². The number of nitrogens with two attached hydrogens (primary N) is 2. The van der Waals surface area contributed by atoms with E-state index >= 15 is 0 Å². The van der Waals surface area contributed by atoms with Crippen molar-refractivity contribution in [1.29, 1.82) is 5.41 Å². The number of methoxy groups -OCH3 is 1. The molecule has 0 aromatic heterocycles. The summed E-state index contributed by atoms with van der Waals surface area (Å²) in [6.07, 6.45) is 15.7. The number of alkyl carbamates (subject to hydrolysis) is 1. The first-order valence-corrected chi connectivity index (χ1v) is 26.9. The molecule has 12 N–H and O–H groups in total. The van der Waals surface area contributed by atoms with Gasteiger partial charge in [-0.25, -0.2) is 4.79 Å². The molecule has 4 rings (SSSR count). The molecule has 0 aliphatic heterocycles. The predicted octanol–water partition coefficient (Wildman–Crippen LogP) is 0.713. The third-order valence-electron chi connectivity index (χ3n) is 13.6. The van der Waals surface area contributed by atoms with Gasteiger partial charge in [0.1, 0.15) is 5.57 Å². The average molecular weight is 1090 g/mol. The second-order valence-corrected chi connectivity index (χ2v) is 24.6. The SMILES string of the molecule is COC(=O)NC(C)(C)/C=C/N/C(OCC(C)C)=C(\C=N)C(=O)NC1C2CC(CC(C)CO/C(N/C=C/C(C)(C)NC(C)=O)=C(/C=[NH2+])C(=O)NC3C4CCCC3CC([I-]C(N)=O)C4)CC1CC(C(=O)O)C2. The number of aliphatic carboxylic acids is 1. The largest absolute Gasteiger partial charge is 0.481 e. The van der Waals surface area contributed by atoms with Gasteiger partial charge in [0.05, 0.1) is 25.2 Å². The summed E-state index contributed by atoms with van der Waals surface area (Å²) in [5.41, 5.74) is 4.16. The van der Waals surface area contributed by atoms with Crippen molar-refractivity contribution < 1.29 is 74.7 Å². The van der Waals surface area contributed by atoms with E-state index in [1.165, 1.54) is 26.4 Å². The van der Waals surface area contributed by atoms with Crippen molar-refractivity contribution in [2.75, 3.05) is 20.3 Å². The molecule has 0 aromatic carbocycles. The van der Waals surface area contributed by atoms with Crippen LogP contribution in [0.4, 0.5) is 9.59 Å². The maximum atomic E-state index is 14.2. The van der Waals surface area contributed by atoms with Crippen LogP contribution < -0.4 is 64.2 Å². The number of primary amides is 1. The number of alkyl halides is 1. The van der Waals surface area contributed by atoms with Gasteiger partial charge in [0, 0.05) is 25.4 Å². The summed E-state index contributed by atoms with van der Waals surface area (Å²) in [5.74, 6) is -1.83. The van der Waals surface area contributed by atoms with Crippen molar-refractivity contribution in [3.8, 4) is 0 Å². The number of ether oxygens (including phenoxy) is 3. The predicted molar refractivity (Wildman–Crippen MR) is 261 cm³/mol. The Balaban J connectivity index is 1.51. The van der Waals surface area contributed by atoms with Gasteiger partial charge in [0.2, 0.25) is 11.8 Å². The monoisotopic (exact) mass is 1090 g/mol. The van der Waals surface area contributed by atoms with Gasteiger partial charge in [-0.15, -0.1) is 0 Å². The van der Waals surface area contributed by atoms with Crippen LogP contribution in [-0.4, -0.2) is 98.6 Å². The summed E-state index contributed by atoms with van der Waals surface area (Å²) in [7, 11) is 1.27. The number of carbonyl (C=O) groups excluding carboxylic acids is 5. The number of amides is 5. The van der Waals surface area contributed by atoms with Crippen LogP contribution in [-0.2, 0) is 33.4 Å². The van der Waals surface area contributed by atoms with Crippen LogP contribution >= 0.6 is 0 Å². The van der Waals surface area contributed by atoms with E-state index in [4.69, 9.17) is 30.8 Å². The summed E-state index contributed by atoms with van der Waals surface area (Å²) < 4.78 is 17.3. The number of hydrogen-bond acceptors (Lipinski definition) is 12. The van der Waals surface area contributed by atoms with Crippen molar-refractivity contribution in [1.82, 2.24) is 31.9 Å². The minimum Gasteiger partial charge on any atom is -0.481 e. The van der Waals surface area contributed by atoms with Crippen molar-refractivity contribution in [3.63, 3.8) is 0 Å². The van der Waals surface area contributed by atoms with E-state index in [2.05, 4.69) is 38.8 Å². The van der Waals surface area contributed by atoms with Gasteiger partial charge in [-0.05, 0) is 83.1 Å². The van der Waals surface area contributed by atoms with Gasteiger partial charge in [-0.3, -0.25) is 14.4 Å². The standard InChI is InChI=1S/C50H79IN9O10/c1-28(2)26-69-44(55-16-14-50(7,8)60-48(67)68-9)38(24-52)43(63)58-41-34-18-31(19-35(41)21-36(20-34)46(64)65)17-29(3)27-70-45(56-15-13-49(5,6)59-30(4)61)39(25-53)42(62)57-40-32-11-10-12-33(40)23-37(22-32)51-47(54)66/h13-16,24-25,28-29,31-37,40-41,52-53,55-56H,10-12,17-23,26-27H2,1-9H3,(H2,54,66)(H,57,62)(H,58,63)(H,59,61)(H,60,67)(H,64,65)/q-1/p+1/b15-13+,16-14+,44-38-,45-39-,52-24?,53-25?.